The van der Waals surface area contributed by atoms with Gasteiger partial charge in [-0.1, -0.05) is 58.4 Å². The maximum absolute atomic E-state index is 12.9. The molecule has 0 unspecified atom stereocenters. The largest absolute Gasteiger partial charge is 0.490 e. The number of amides is 3. The molecule has 0 saturated carbocycles. The van der Waals surface area contributed by atoms with Crippen LogP contribution in [0, 0.1) is 3.57 Å². The summed E-state index contributed by atoms with van der Waals surface area (Å²) in [5, 5.41) is 2.68. The summed E-state index contributed by atoms with van der Waals surface area (Å²) in [6.45, 7) is 2.98. The first kappa shape index (κ1) is 24.3. The summed E-state index contributed by atoms with van der Waals surface area (Å²) < 4.78 is 13.8. The van der Waals surface area contributed by atoms with E-state index in [9.17, 15) is 9.59 Å². The summed E-state index contributed by atoms with van der Waals surface area (Å²) in [6.07, 6.45) is 1.66. The number of ether oxygens (including phenoxy) is 2. The first-order chi connectivity index (χ1) is 16.4. The molecular weight excluding hydrogens is 611 g/mol. The SMILES string of the molecule is CCOc1cc(/C=C2/NC(=O)N(Cc3ccccc3)C2=O)cc(I)c1OCc1ccc(Br)cc1. The van der Waals surface area contributed by atoms with Crippen LogP contribution in [0.5, 0.6) is 11.5 Å². The van der Waals surface area contributed by atoms with Gasteiger partial charge in [0.25, 0.3) is 5.91 Å². The van der Waals surface area contributed by atoms with Crippen molar-refractivity contribution in [2.75, 3.05) is 6.61 Å². The van der Waals surface area contributed by atoms with E-state index >= 15 is 0 Å². The number of carbonyl (C=O) groups is 2. The quantitative estimate of drug-likeness (QED) is 0.185. The molecule has 0 bridgehead atoms. The van der Waals surface area contributed by atoms with Crippen molar-refractivity contribution >= 4 is 56.5 Å². The van der Waals surface area contributed by atoms with Crippen LogP contribution in [0.25, 0.3) is 6.08 Å². The molecule has 3 aromatic rings. The highest BCUT2D eigenvalue weighted by Crippen LogP contribution is 2.36. The monoisotopic (exact) mass is 632 g/mol. The zero-order valence-corrected chi connectivity index (χ0v) is 22.1. The van der Waals surface area contributed by atoms with Gasteiger partial charge in [-0.3, -0.25) is 9.69 Å². The van der Waals surface area contributed by atoms with E-state index in [2.05, 4.69) is 43.8 Å². The molecule has 1 heterocycles. The highest BCUT2D eigenvalue weighted by molar-refractivity contribution is 14.1. The van der Waals surface area contributed by atoms with Crippen molar-refractivity contribution in [3.63, 3.8) is 0 Å². The highest BCUT2D eigenvalue weighted by Gasteiger charge is 2.33. The Morgan fingerprint density at radius 2 is 1.74 bits per heavy atom. The van der Waals surface area contributed by atoms with Gasteiger partial charge in [0.15, 0.2) is 11.5 Å². The Hall–Kier alpha value is -2.85. The molecule has 0 spiro atoms. The number of nitrogens with one attached hydrogen (secondary N) is 1. The number of urea groups is 1. The zero-order chi connectivity index (χ0) is 24.1. The summed E-state index contributed by atoms with van der Waals surface area (Å²) in [5.74, 6) is 0.855. The standard InChI is InChI=1S/C26H22BrIN2O4/c1-2-33-23-14-19(12-21(28)24(23)34-16-18-8-10-20(27)11-9-18)13-22-25(31)30(26(32)29-22)15-17-6-4-3-5-7-17/h3-14H,2,15-16H2,1H3,(H,29,32)/b22-13+. The summed E-state index contributed by atoms with van der Waals surface area (Å²) in [6, 6.07) is 20.6. The minimum absolute atomic E-state index is 0.216. The third-order valence-electron chi connectivity index (χ3n) is 5.08. The Morgan fingerprint density at radius 3 is 2.44 bits per heavy atom. The van der Waals surface area contributed by atoms with E-state index in [-0.39, 0.29) is 18.1 Å². The smallest absolute Gasteiger partial charge is 0.329 e. The van der Waals surface area contributed by atoms with Gasteiger partial charge in [0.1, 0.15) is 12.3 Å². The third-order valence-corrected chi connectivity index (χ3v) is 6.41. The van der Waals surface area contributed by atoms with Crippen LogP contribution in [-0.4, -0.2) is 23.4 Å². The summed E-state index contributed by atoms with van der Waals surface area (Å²) >= 11 is 5.63. The Kier molecular flexibility index (Phi) is 7.89. The number of hydrogen-bond acceptors (Lipinski definition) is 4. The highest BCUT2D eigenvalue weighted by atomic mass is 127. The van der Waals surface area contributed by atoms with Crippen LogP contribution in [-0.2, 0) is 17.9 Å². The average molecular weight is 633 g/mol. The zero-order valence-electron chi connectivity index (χ0n) is 18.4. The molecule has 3 aromatic carbocycles. The molecule has 4 rings (SSSR count). The van der Waals surface area contributed by atoms with E-state index in [1.807, 2.05) is 73.7 Å². The molecule has 1 fully saturated rings. The number of hydrogen-bond donors (Lipinski definition) is 1. The topological polar surface area (TPSA) is 67.9 Å². The van der Waals surface area contributed by atoms with Gasteiger partial charge in [0.2, 0.25) is 0 Å². The second-order valence-corrected chi connectivity index (χ2v) is 9.62. The fourth-order valence-electron chi connectivity index (χ4n) is 3.46. The van der Waals surface area contributed by atoms with Crippen molar-refractivity contribution in [1.29, 1.82) is 0 Å². The first-order valence-electron chi connectivity index (χ1n) is 10.7. The molecule has 174 valence electrons. The van der Waals surface area contributed by atoms with E-state index in [0.717, 1.165) is 24.7 Å². The van der Waals surface area contributed by atoms with E-state index in [0.29, 0.717) is 24.7 Å². The van der Waals surface area contributed by atoms with Gasteiger partial charge in [0, 0.05) is 4.47 Å². The Morgan fingerprint density at radius 1 is 1.00 bits per heavy atom. The lowest BCUT2D eigenvalue weighted by molar-refractivity contribution is -0.123. The van der Waals surface area contributed by atoms with Crippen molar-refractivity contribution in [2.24, 2.45) is 0 Å². The van der Waals surface area contributed by atoms with E-state index in [4.69, 9.17) is 9.47 Å². The minimum Gasteiger partial charge on any atom is -0.490 e. The van der Waals surface area contributed by atoms with Gasteiger partial charge >= 0.3 is 6.03 Å². The average Bonchev–Trinajstić information content (AvgIpc) is 3.08. The second-order valence-electron chi connectivity index (χ2n) is 7.54. The van der Waals surface area contributed by atoms with Crippen LogP contribution in [0.3, 0.4) is 0 Å². The van der Waals surface area contributed by atoms with E-state index < -0.39 is 6.03 Å². The van der Waals surface area contributed by atoms with Gasteiger partial charge in [-0.15, -0.1) is 0 Å². The van der Waals surface area contributed by atoms with E-state index in [1.165, 1.54) is 4.90 Å². The van der Waals surface area contributed by atoms with Crippen LogP contribution in [0.1, 0.15) is 23.6 Å². The lowest BCUT2D eigenvalue weighted by atomic mass is 10.1. The molecule has 8 heteroatoms. The third kappa shape index (κ3) is 5.79. The Bertz CT molecular complexity index is 1230. The van der Waals surface area contributed by atoms with Crippen LogP contribution in [0.15, 0.2) is 76.9 Å². The molecular formula is C26H22BrIN2O4. The number of rotatable bonds is 8. The number of imide groups is 1. The van der Waals surface area contributed by atoms with Crippen LogP contribution < -0.4 is 14.8 Å². The molecule has 1 saturated heterocycles. The Balaban J connectivity index is 1.55. The molecule has 1 aliphatic rings. The molecule has 1 aliphatic heterocycles. The minimum atomic E-state index is -0.436. The summed E-state index contributed by atoms with van der Waals surface area (Å²) in [7, 11) is 0. The number of benzene rings is 3. The molecule has 34 heavy (non-hydrogen) atoms. The summed E-state index contributed by atoms with van der Waals surface area (Å²) in [5.41, 5.74) is 2.87. The van der Waals surface area contributed by atoms with E-state index in [1.54, 1.807) is 6.08 Å². The fraction of sp³-hybridized carbons (Fsp3) is 0.154. The molecule has 0 radical (unpaired) electrons. The van der Waals surface area contributed by atoms with Gasteiger partial charge in [-0.25, -0.2) is 4.79 Å². The fourth-order valence-corrected chi connectivity index (χ4v) is 4.50. The second kappa shape index (κ2) is 11.1. The molecule has 0 atom stereocenters. The Labute approximate surface area is 220 Å². The van der Waals surface area contributed by atoms with Crippen LogP contribution in [0.2, 0.25) is 0 Å². The van der Waals surface area contributed by atoms with Crippen molar-refractivity contribution in [3.05, 3.63) is 97.2 Å². The number of nitrogens with zero attached hydrogens (tertiary/aromatic N) is 1. The van der Waals surface area contributed by atoms with Gasteiger partial charge in [-0.05, 0) is 76.5 Å². The molecule has 0 aromatic heterocycles. The normalized spacial score (nSPS) is 14.4. The predicted molar refractivity (Wildman–Crippen MR) is 142 cm³/mol. The lowest BCUT2D eigenvalue weighted by Crippen LogP contribution is -2.30. The number of carbonyl (C=O) groups excluding carboxylic acids is 2. The van der Waals surface area contributed by atoms with Crippen LogP contribution >= 0.6 is 38.5 Å². The maximum atomic E-state index is 12.9. The molecule has 0 aliphatic carbocycles. The molecule has 3 amide bonds. The molecule has 1 N–H and O–H groups in total. The number of halogens is 2. The van der Waals surface area contributed by atoms with Crippen molar-refractivity contribution in [3.8, 4) is 11.5 Å². The van der Waals surface area contributed by atoms with Gasteiger partial charge in [-0.2, -0.15) is 0 Å². The van der Waals surface area contributed by atoms with Crippen molar-refractivity contribution in [1.82, 2.24) is 10.2 Å². The summed E-state index contributed by atoms with van der Waals surface area (Å²) in [4.78, 5) is 26.5. The van der Waals surface area contributed by atoms with Crippen molar-refractivity contribution < 1.29 is 19.1 Å². The predicted octanol–water partition coefficient (Wildman–Crippen LogP) is 6.12. The molecule has 6 nitrogen and oxygen atoms in total. The lowest BCUT2D eigenvalue weighted by Gasteiger charge is -2.15. The first-order valence-corrected chi connectivity index (χ1v) is 12.5. The maximum Gasteiger partial charge on any atom is 0.329 e. The van der Waals surface area contributed by atoms with Crippen LogP contribution in [0.4, 0.5) is 4.79 Å². The van der Waals surface area contributed by atoms with Crippen molar-refractivity contribution in [2.45, 2.75) is 20.1 Å². The van der Waals surface area contributed by atoms with Gasteiger partial charge in [0.05, 0.1) is 16.7 Å². The van der Waals surface area contributed by atoms with Gasteiger partial charge < -0.3 is 14.8 Å².